The first-order chi connectivity index (χ1) is 12.6. The van der Waals surface area contributed by atoms with Crippen LogP contribution in [0, 0.1) is 0 Å². The van der Waals surface area contributed by atoms with Crippen LogP contribution in [-0.4, -0.2) is 50.0 Å². The number of carbonyl (C=O) groups is 2. The van der Waals surface area contributed by atoms with E-state index in [9.17, 15) is 9.59 Å². The Hall–Kier alpha value is -2.08. The standard InChI is InChI=1S/C20H31N3O3/c1-16(24)21-12-11-20(25)22-15-19(23-13-5-3-4-6-14-23)17-7-9-18(26-2)10-8-17/h7-10,19H,3-6,11-15H2,1-2H3,(H,21,24)(H,22,25). The van der Waals surface area contributed by atoms with Crippen molar-refractivity contribution in [2.45, 2.75) is 45.1 Å². The molecule has 6 nitrogen and oxygen atoms in total. The van der Waals surface area contributed by atoms with E-state index in [4.69, 9.17) is 4.74 Å². The number of ether oxygens (including phenoxy) is 1. The summed E-state index contributed by atoms with van der Waals surface area (Å²) < 4.78 is 5.26. The third-order valence-electron chi connectivity index (χ3n) is 4.80. The lowest BCUT2D eigenvalue weighted by atomic mass is 10.0. The van der Waals surface area contributed by atoms with Crippen LogP contribution in [0.4, 0.5) is 0 Å². The van der Waals surface area contributed by atoms with Crippen LogP contribution in [-0.2, 0) is 9.59 Å². The van der Waals surface area contributed by atoms with E-state index in [1.165, 1.54) is 38.2 Å². The molecule has 1 fully saturated rings. The van der Waals surface area contributed by atoms with Gasteiger partial charge in [0.05, 0.1) is 13.2 Å². The van der Waals surface area contributed by atoms with Gasteiger partial charge in [0, 0.05) is 26.4 Å². The molecule has 0 bridgehead atoms. The van der Waals surface area contributed by atoms with Crippen LogP contribution in [0.15, 0.2) is 24.3 Å². The number of rotatable bonds is 8. The molecule has 1 aliphatic rings. The van der Waals surface area contributed by atoms with E-state index >= 15 is 0 Å². The minimum atomic E-state index is -0.113. The number of benzene rings is 1. The summed E-state index contributed by atoms with van der Waals surface area (Å²) in [6.45, 7) is 4.51. The summed E-state index contributed by atoms with van der Waals surface area (Å²) >= 11 is 0. The van der Waals surface area contributed by atoms with Gasteiger partial charge in [-0.1, -0.05) is 25.0 Å². The molecule has 144 valence electrons. The van der Waals surface area contributed by atoms with Crippen LogP contribution in [0.1, 0.15) is 50.6 Å². The fourth-order valence-electron chi connectivity index (χ4n) is 3.34. The lowest BCUT2D eigenvalue weighted by molar-refractivity contribution is -0.121. The molecule has 1 heterocycles. The van der Waals surface area contributed by atoms with Crippen molar-refractivity contribution in [3.63, 3.8) is 0 Å². The first-order valence-corrected chi connectivity index (χ1v) is 9.49. The number of hydrogen-bond acceptors (Lipinski definition) is 4. The second kappa shape index (κ2) is 10.8. The Morgan fingerprint density at radius 2 is 1.73 bits per heavy atom. The van der Waals surface area contributed by atoms with Gasteiger partial charge in [-0.15, -0.1) is 0 Å². The molecule has 0 aromatic heterocycles. The van der Waals surface area contributed by atoms with Gasteiger partial charge in [0.15, 0.2) is 0 Å². The minimum absolute atomic E-state index is 0.0351. The molecule has 1 saturated heterocycles. The molecule has 0 spiro atoms. The van der Waals surface area contributed by atoms with Crippen LogP contribution in [0.2, 0.25) is 0 Å². The van der Waals surface area contributed by atoms with E-state index < -0.39 is 0 Å². The lowest BCUT2D eigenvalue weighted by Gasteiger charge is -2.31. The molecule has 2 amide bonds. The van der Waals surface area contributed by atoms with Gasteiger partial charge in [0.1, 0.15) is 5.75 Å². The molecule has 2 N–H and O–H groups in total. The fourth-order valence-corrected chi connectivity index (χ4v) is 3.34. The highest BCUT2D eigenvalue weighted by molar-refractivity contribution is 5.77. The third-order valence-corrected chi connectivity index (χ3v) is 4.80. The van der Waals surface area contributed by atoms with Crippen LogP contribution in [0.3, 0.4) is 0 Å². The zero-order chi connectivity index (χ0) is 18.8. The number of nitrogens with zero attached hydrogens (tertiary/aromatic N) is 1. The number of amides is 2. The summed E-state index contributed by atoms with van der Waals surface area (Å²) in [4.78, 5) is 25.5. The van der Waals surface area contributed by atoms with Crippen molar-refractivity contribution in [2.75, 3.05) is 33.3 Å². The van der Waals surface area contributed by atoms with Crippen molar-refractivity contribution in [3.05, 3.63) is 29.8 Å². The maximum absolute atomic E-state index is 12.1. The Morgan fingerprint density at radius 1 is 1.08 bits per heavy atom. The summed E-state index contributed by atoms with van der Waals surface area (Å²) in [6.07, 6.45) is 5.24. The van der Waals surface area contributed by atoms with Gasteiger partial charge < -0.3 is 15.4 Å². The number of carbonyl (C=O) groups excluding carboxylic acids is 2. The van der Waals surface area contributed by atoms with Gasteiger partial charge in [0.2, 0.25) is 11.8 Å². The SMILES string of the molecule is COc1ccc(C(CNC(=O)CCNC(C)=O)N2CCCCCC2)cc1. The summed E-state index contributed by atoms with van der Waals surface area (Å²) in [5.41, 5.74) is 1.19. The molecule has 6 heteroatoms. The molecular formula is C20H31N3O3. The second-order valence-electron chi connectivity index (χ2n) is 6.78. The van der Waals surface area contributed by atoms with Gasteiger partial charge in [-0.3, -0.25) is 14.5 Å². The first-order valence-electron chi connectivity index (χ1n) is 9.49. The molecule has 1 aromatic carbocycles. The minimum Gasteiger partial charge on any atom is -0.497 e. The van der Waals surface area contributed by atoms with Crippen molar-refractivity contribution in [2.24, 2.45) is 0 Å². The molecule has 2 rings (SSSR count). The quantitative estimate of drug-likeness (QED) is 0.745. The number of methoxy groups -OCH3 is 1. The number of likely N-dealkylation sites (tertiary alicyclic amines) is 1. The lowest BCUT2D eigenvalue weighted by Crippen LogP contribution is -2.39. The highest BCUT2D eigenvalue weighted by Crippen LogP contribution is 2.25. The predicted octanol–water partition coefficient (Wildman–Crippen LogP) is 2.25. The molecule has 0 saturated carbocycles. The van der Waals surface area contributed by atoms with Crippen LogP contribution in [0.5, 0.6) is 5.75 Å². The fraction of sp³-hybridized carbons (Fsp3) is 0.600. The van der Waals surface area contributed by atoms with E-state index in [1.54, 1.807) is 7.11 Å². The molecule has 26 heavy (non-hydrogen) atoms. The molecule has 0 aliphatic carbocycles. The van der Waals surface area contributed by atoms with Gasteiger partial charge >= 0.3 is 0 Å². The molecule has 1 aliphatic heterocycles. The van der Waals surface area contributed by atoms with Gasteiger partial charge in [-0.05, 0) is 43.6 Å². The summed E-state index contributed by atoms with van der Waals surface area (Å²) in [7, 11) is 1.66. The zero-order valence-corrected chi connectivity index (χ0v) is 15.9. The average molecular weight is 361 g/mol. The average Bonchev–Trinajstić information content (AvgIpc) is 2.91. The number of hydrogen-bond donors (Lipinski definition) is 2. The molecule has 1 atom stereocenters. The monoisotopic (exact) mass is 361 g/mol. The third kappa shape index (κ3) is 6.67. The van der Waals surface area contributed by atoms with E-state index in [1.807, 2.05) is 12.1 Å². The van der Waals surface area contributed by atoms with Gasteiger partial charge in [0.25, 0.3) is 0 Å². The van der Waals surface area contributed by atoms with E-state index in [0.717, 1.165) is 18.8 Å². The van der Waals surface area contributed by atoms with E-state index in [0.29, 0.717) is 19.5 Å². The van der Waals surface area contributed by atoms with E-state index in [2.05, 4.69) is 27.7 Å². The van der Waals surface area contributed by atoms with Crippen molar-refractivity contribution in [1.82, 2.24) is 15.5 Å². The second-order valence-corrected chi connectivity index (χ2v) is 6.78. The van der Waals surface area contributed by atoms with E-state index in [-0.39, 0.29) is 17.9 Å². The van der Waals surface area contributed by atoms with Crippen molar-refractivity contribution in [3.8, 4) is 5.75 Å². The molecule has 0 radical (unpaired) electrons. The van der Waals surface area contributed by atoms with Crippen molar-refractivity contribution in [1.29, 1.82) is 0 Å². The van der Waals surface area contributed by atoms with Crippen LogP contribution < -0.4 is 15.4 Å². The maximum atomic E-state index is 12.1. The molecule has 1 aromatic rings. The topological polar surface area (TPSA) is 70.7 Å². The Balaban J connectivity index is 1.99. The van der Waals surface area contributed by atoms with Gasteiger partial charge in [-0.2, -0.15) is 0 Å². The molecule has 1 unspecified atom stereocenters. The number of nitrogens with one attached hydrogen (secondary N) is 2. The van der Waals surface area contributed by atoms with Gasteiger partial charge in [-0.25, -0.2) is 0 Å². The summed E-state index contributed by atoms with van der Waals surface area (Å²) in [6, 6.07) is 8.26. The summed E-state index contributed by atoms with van der Waals surface area (Å²) in [5, 5.41) is 5.69. The summed E-state index contributed by atoms with van der Waals surface area (Å²) in [5.74, 6) is 0.688. The van der Waals surface area contributed by atoms with Crippen LogP contribution in [0.25, 0.3) is 0 Å². The highest BCUT2D eigenvalue weighted by Gasteiger charge is 2.22. The largest absolute Gasteiger partial charge is 0.497 e. The normalized spacial score (nSPS) is 16.4. The Kier molecular flexibility index (Phi) is 8.41. The maximum Gasteiger partial charge on any atom is 0.221 e. The highest BCUT2D eigenvalue weighted by atomic mass is 16.5. The van der Waals surface area contributed by atoms with Crippen molar-refractivity contribution < 1.29 is 14.3 Å². The Bertz CT molecular complexity index is 566. The smallest absolute Gasteiger partial charge is 0.221 e. The molecular weight excluding hydrogens is 330 g/mol. The van der Waals surface area contributed by atoms with Crippen molar-refractivity contribution >= 4 is 11.8 Å². The Labute approximate surface area is 156 Å². The first kappa shape index (κ1) is 20.2. The predicted molar refractivity (Wildman–Crippen MR) is 102 cm³/mol. The zero-order valence-electron chi connectivity index (χ0n) is 15.9. The Morgan fingerprint density at radius 3 is 2.31 bits per heavy atom. The van der Waals surface area contributed by atoms with Crippen LogP contribution >= 0.6 is 0 Å².